The number of aliphatic hydroxyl groups excluding tert-OH is 1. The van der Waals surface area contributed by atoms with Gasteiger partial charge in [-0.15, -0.1) is 0 Å². The second-order valence-corrected chi connectivity index (χ2v) is 8.90. The average Bonchev–Trinajstić information content (AvgIpc) is 2.75. The van der Waals surface area contributed by atoms with Crippen LogP contribution < -0.4 is 0 Å². The van der Waals surface area contributed by atoms with Crippen molar-refractivity contribution in [1.82, 2.24) is 0 Å². The zero-order chi connectivity index (χ0) is 11.8. The lowest BCUT2D eigenvalue weighted by molar-refractivity contribution is 0.183. The molecule has 0 spiro atoms. The van der Waals surface area contributed by atoms with E-state index < -0.39 is 9.84 Å². The van der Waals surface area contributed by atoms with Crippen LogP contribution in [-0.4, -0.2) is 42.6 Å². The summed E-state index contributed by atoms with van der Waals surface area (Å²) >= 11 is 1.87. The summed E-state index contributed by atoms with van der Waals surface area (Å²) in [6.45, 7) is 0. The second-order valence-electron chi connectivity index (χ2n) is 5.47. The fourth-order valence-corrected chi connectivity index (χ4v) is 5.70. The van der Waals surface area contributed by atoms with Gasteiger partial charge in [-0.05, 0) is 37.5 Å². The Morgan fingerprint density at radius 3 is 2.50 bits per heavy atom. The Morgan fingerprint density at radius 2 is 2.06 bits per heavy atom. The van der Waals surface area contributed by atoms with E-state index in [9.17, 15) is 13.5 Å². The van der Waals surface area contributed by atoms with E-state index in [0.717, 1.165) is 37.9 Å². The number of hydrogen-bond acceptors (Lipinski definition) is 4. The van der Waals surface area contributed by atoms with Gasteiger partial charge in [-0.25, -0.2) is 8.42 Å². The van der Waals surface area contributed by atoms with Gasteiger partial charge in [-0.2, -0.15) is 11.8 Å². The first kappa shape index (κ1) is 12.7. The Kier molecular flexibility index (Phi) is 3.57. The van der Waals surface area contributed by atoms with Gasteiger partial charge >= 0.3 is 0 Å². The van der Waals surface area contributed by atoms with Crippen LogP contribution in [0.3, 0.4) is 0 Å². The molecule has 2 rings (SSSR count). The quantitative estimate of drug-likeness (QED) is 0.817. The highest BCUT2D eigenvalue weighted by Gasteiger charge is 2.45. The van der Waals surface area contributed by atoms with Crippen molar-refractivity contribution in [3.63, 3.8) is 0 Å². The SMILES string of the molecule is CS(=O)(=O)CC1(CSC2CCC(O)C2)CC1. The van der Waals surface area contributed by atoms with Crippen molar-refractivity contribution in [2.45, 2.75) is 43.5 Å². The highest BCUT2D eigenvalue weighted by atomic mass is 32.2. The first-order chi connectivity index (χ1) is 7.39. The average molecular weight is 264 g/mol. The molecule has 0 saturated heterocycles. The summed E-state index contributed by atoms with van der Waals surface area (Å²) in [6, 6.07) is 0. The third-order valence-corrected chi connectivity index (χ3v) is 6.32. The van der Waals surface area contributed by atoms with Crippen LogP contribution >= 0.6 is 11.8 Å². The van der Waals surface area contributed by atoms with Crippen LogP contribution in [0.4, 0.5) is 0 Å². The predicted octanol–water partition coefficient (Wildman–Crippen LogP) is 1.46. The summed E-state index contributed by atoms with van der Waals surface area (Å²) in [6.07, 6.45) is 6.21. The van der Waals surface area contributed by atoms with Crippen molar-refractivity contribution < 1.29 is 13.5 Å². The topological polar surface area (TPSA) is 54.4 Å². The van der Waals surface area contributed by atoms with E-state index in [1.807, 2.05) is 11.8 Å². The molecule has 94 valence electrons. The molecule has 3 nitrogen and oxygen atoms in total. The molecule has 0 heterocycles. The Hall–Kier alpha value is 0.260. The van der Waals surface area contributed by atoms with Gasteiger partial charge in [-0.1, -0.05) is 0 Å². The van der Waals surface area contributed by atoms with Gasteiger partial charge in [0.1, 0.15) is 9.84 Å². The molecule has 2 atom stereocenters. The molecule has 0 aromatic carbocycles. The number of aliphatic hydroxyl groups is 1. The first-order valence-corrected chi connectivity index (χ1v) is 8.97. The number of thioether (sulfide) groups is 1. The molecule has 0 aromatic heterocycles. The van der Waals surface area contributed by atoms with Crippen molar-refractivity contribution in [3.8, 4) is 0 Å². The second kappa shape index (κ2) is 4.50. The van der Waals surface area contributed by atoms with Crippen LogP contribution in [-0.2, 0) is 9.84 Å². The van der Waals surface area contributed by atoms with Crippen LogP contribution in [0.15, 0.2) is 0 Å². The van der Waals surface area contributed by atoms with Crippen molar-refractivity contribution in [2.75, 3.05) is 17.8 Å². The van der Waals surface area contributed by atoms with E-state index in [0.29, 0.717) is 11.0 Å². The van der Waals surface area contributed by atoms with Crippen LogP contribution in [0.1, 0.15) is 32.1 Å². The number of rotatable bonds is 5. The van der Waals surface area contributed by atoms with Gasteiger partial charge in [-0.3, -0.25) is 0 Å². The number of sulfone groups is 1. The van der Waals surface area contributed by atoms with Gasteiger partial charge < -0.3 is 5.11 Å². The maximum absolute atomic E-state index is 11.3. The molecule has 16 heavy (non-hydrogen) atoms. The van der Waals surface area contributed by atoms with E-state index >= 15 is 0 Å². The normalized spacial score (nSPS) is 32.9. The maximum atomic E-state index is 11.3. The summed E-state index contributed by atoms with van der Waals surface area (Å²) in [5.74, 6) is 1.31. The van der Waals surface area contributed by atoms with E-state index in [1.165, 1.54) is 6.26 Å². The van der Waals surface area contributed by atoms with Crippen LogP contribution in [0.25, 0.3) is 0 Å². The molecule has 2 aliphatic carbocycles. The van der Waals surface area contributed by atoms with Gasteiger partial charge in [0.05, 0.1) is 11.9 Å². The highest BCUT2D eigenvalue weighted by Crippen LogP contribution is 2.50. The lowest BCUT2D eigenvalue weighted by Crippen LogP contribution is -2.19. The lowest BCUT2D eigenvalue weighted by Gasteiger charge is -2.16. The lowest BCUT2D eigenvalue weighted by atomic mass is 10.2. The monoisotopic (exact) mass is 264 g/mol. The van der Waals surface area contributed by atoms with Crippen molar-refractivity contribution >= 4 is 21.6 Å². The van der Waals surface area contributed by atoms with Gasteiger partial charge in [0, 0.05) is 17.3 Å². The molecule has 5 heteroatoms. The summed E-state index contributed by atoms with van der Waals surface area (Å²) in [5, 5.41) is 9.97. The van der Waals surface area contributed by atoms with E-state index in [4.69, 9.17) is 0 Å². The smallest absolute Gasteiger partial charge is 0.148 e. The highest BCUT2D eigenvalue weighted by molar-refractivity contribution is 8.00. The standard InChI is InChI=1S/C11H20O3S2/c1-16(13,14)8-11(4-5-11)7-15-10-3-2-9(12)6-10/h9-10,12H,2-8H2,1H3. The van der Waals surface area contributed by atoms with E-state index in [-0.39, 0.29) is 11.5 Å². The van der Waals surface area contributed by atoms with Crippen molar-refractivity contribution in [2.24, 2.45) is 5.41 Å². The zero-order valence-electron chi connectivity index (χ0n) is 9.68. The number of hydrogen-bond donors (Lipinski definition) is 1. The molecule has 1 N–H and O–H groups in total. The maximum Gasteiger partial charge on any atom is 0.148 e. The third kappa shape index (κ3) is 3.64. The van der Waals surface area contributed by atoms with E-state index in [2.05, 4.69) is 0 Å². The Labute approximate surface area is 102 Å². The Balaban J connectivity index is 1.77. The summed E-state index contributed by atoms with van der Waals surface area (Å²) < 4.78 is 22.6. The van der Waals surface area contributed by atoms with Crippen LogP contribution in [0.5, 0.6) is 0 Å². The van der Waals surface area contributed by atoms with Gasteiger partial charge in [0.2, 0.25) is 0 Å². The third-order valence-electron chi connectivity index (χ3n) is 3.51. The summed E-state index contributed by atoms with van der Waals surface area (Å²) in [4.78, 5) is 0. The van der Waals surface area contributed by atoms with E-state index in [1.54, 1.807) is 0 Å². The minimum absolute atomic E-state index is 0.0752. The molecule has 2 saturated carbocycles. The molecule has 0 bridgehead atoms. The molecule has 2 unspecified atom stereocenters. The van der Waals surface area contributed by atoms with Crippen molar-refractivity contribution in [1.29, 1.82) is 0 Å². The molecular weight excluding hydrogens is 244 g/mol. The zero-order valence-corrected chi connectivity index (χ0v) is 11.3. The minimum Gasteiger partial charge on any atom is -0.393 e. The Bertz CT molecular complexity index is 346. The fourth-order valence-electron chi connectivity index (χ4n) is 2.43. The summed E-state index contributed by atoms with van der Waals surface area (Å²) in [5.41, 5.74) is 0.0752. The molecule has 2 fully saturated rings. The molecule has 0 radical (unpaired) electrons. The molecular formula is C11H20O3S2. The predicted molar refractivity (Wildman–Crippen MR) is 67.5 cm³/mol. The van der Waals surface area contributed by atoms with Gasteiger partial charge in [0.15, 0.2) is 0 Å². The molecule has 0 amide bonds. The first-order valence-electron chi connectivity index (χ1n) is 5.86. The fraction of sp³-hybridized carbons (Fsp3) is 1.00. The Morgan fingerprint density at radius 1 is 1.38 bits per heavy atom. The minimum atomic E-state index is -2.84. The molecule has 0 aromatic rings. The molecule has 2 aliphatic rings. The largest absolute Gasteiger partial charge is 0.393 e. The summed E-state index contributed by atoms with van der Waals surface area (Å²) in [7, 11) is -2.84. The molecule has 0 aliphatic heterocycles. The van der Waals surface area contributed by atoms with Crippen LogP contribution in [0.2, 0.25) is 0 Å². The van der Waals surface area contributed by atoms with Crippen LogP contribution in [0, 0.1) is 5.41 Å². The van der Waals surface area contributed by atoms with Gasteiger partial charge in [0.25, 0.3) is 0 Å². The van der Waals surface area contributed by atoms with Crippen molar-refractivity contribution in [3.05, 3.63) is 0 Å².